The summed E-state index contributed by atoms with van der Waals surface area (Å²) in [4.78, 5) is 17.0. The fourth-order valence-corrected chi connectivity index (χ4v) is 3.77. The lowest BCUT2D eigenvalue weighted by molar-refractivity contribution is -0.122. The molecule has 1 saturated carbocycles. The Balaban J connectivity index is 0.00000182. The number of thiazole rings is 1. The number of carbonyl (C=O) groups excluding carboxylic acids is 1. The summed E-state index contributed by atoms with van der Waals surface area (Å²) in [6.45, 7) is 5.12. The molecule has 1 aliphatic carbocycles. The van der Waals surface area contributed by atoms with Crippen molar-refractivity contribution < 1.29 is 9.53 Å². The Morgan fingerprint density at radius 1 is 1.33 bits per heavy atom. The topological polar surface area (TPSA) is 77.2 Å². The van der Waals surface area contributed by atoms with Gasteiger partial charge in [0.2, 0.25) is 5.91 Å². The summed E-state index contributed by atoms with van der Waals surface area (Å²) in [6, 6.07) is 7.86. The van der Waals surface area contributed by atoms with Gasteiger partial charge in [-0.1, -0.05) is 0 Å². The van der Waals surface area contributed by atoms with Gasteiger partial charge < -0.3 is 15.8 Å². The van der Waals surface area contributed by atoms with Crippen LogP contribution in [0.2, 0.25) is 0 Å². The molecule has 5 nitrogen and oxygen atoms in total. The molecule has 150 valence electrons. The van der Waals surface area contributed by atoms with Crippen molar-refractivity contribution in [3.05, 3.63) is 35.3 Å². The molecule has 1 aromatic heterocycles. The van der Waals surface area contributed by atoms with Crippen molar-refractivity contribution in [1.82, 2.24) is 10.3 Å². The standard InChI is InChI=1S/C19H25N3O2S.2ClH/c1-3-24-16-8-4-13(5-9-16)18-21-15(11-25-18)10-17(23)22-19(2,12-20)14-6-7-14;;/h4-5,8-9,11,14H,3,6-7,10,12,20H2,1-2H3,(H,22,23);2*1H. The summed E-state index contributed by atoms with van der Waals surface area (Å²) in [5.74, 6) is 1.35. The van der Waals surface area contributed by atoms with E-state index in [1.807, 2.05) is 43.5 Å². The summed E-state index contributed by atoms with van der Waals surface area (Å²) in [6.07, 6.45) is 2.58. The number of hydrogen-bond acceptors (Lipinski definition) is 5. The van der Waals surface area contributed by atoms with E-state index < -0.39 is 0 Å². The zero-order chi connectivity index (χ0) is 17.9. The van der Waals surface area contributed by atoms with Crippen LogP contribution in [0, 0.1) is 5.92 Å². The Bertz CT molecular complexity index is 735. The third-order valence-corrected chi connectivity index (χ3v) is 5.57. The number of nitrogens with one attached hydrogen (secondary N) is 1. The summed E-state index contributed by atoms with van der Waals surface area (Å²) >= 11 is 1.55. The zero-order valence-electron chi connectivity index (χ0n) is 15.6. The van der Waals surface area contributed by atoms with Crippen LogP contribution >= 0.6 is 36.2 Å². The van der Waals surface area contributed by atoms with E-state index in [1.165, 1.54) is 0 Å². The second-order valence-corrected chi connectivity index (χ2v) is 7.58. The molecule has 3 rings (SSSR count). The minimum atomic E-state index is -0.287. The van der Waals surface area contributed by atoms with Gasteiger partial charge in [0.05, 0.1) is 24.3 Å². The van der Waals surface area contributed by atoms with Gasteiger partial charge in [0, 0.05) is 17.5 Å². The first-order valence-corrected chi connectivity index (χ1v) is 9.60. The zero-order valence-corrected chi connectivity index (χ0v) is 18.0. The smallest absolute Gasteiger partial charge is 0.226 e. The molecule has 8 heteroatoms. The molecule has 1 aliphatic rings. The van der Waals surface area contributed by atoms with Crippen LogP contribution in [0.1, 0.15) is 32.4 Å². The normalized spacial score (nSPS) is 15.1. The Morgan fingerprint density at radius 3 is 2.56 bits per heavy atom. The maximum absolute atomic E-state index is 12.4. The molecular formula is C19H27Cl2N3O2S. The molecular weight excluding hydrogens is 405 g/mol. The van der Waals surface area contributed by atoms with E-state index in [0.29, 0.717) is 19.1 Å². The summed E-state index contributed by atoms with van der Waals surface area (Å²) in [7, 11) is 0. The van der Waals surface area contributed by atoms with Gasteiger partial charge in [0.15, 0.2) is 0 Å². The Hall–Kier alpha value is -1.34. The van der Waals surface area contributed by atoms with E-state index in [9.17, 15) is 4.79 Å². The Labute approximate surface area is 176 Å². The molecule has 1 amide bonds. The van der Waals surface area contributed by atoms with E-state index in [2.05, 4.69) is 10.3 Å². The summed E-state index contributed by atoms with van der Waals surface area (Å²) in [5, 5.41) is 5.97. The maximum atomic E-state index is 12.4. The second kappa shape index (κ2) is 10.3. The molecule has 2 aromatic rings. The van der Waals surface area contributed by atoms with Crippen molar-refractivity contribution in [3.63, 3.8) is 0 Å². The number of hydrogen-bond donors (Lipinski definition) is 2. The number of halogens is 2. The van der Waals surface area contributed by atoms with Crippen LogP contribution in [-0.2, 0) is 11.2 Å². The van der Waals surface area contributed by atoms with E-state index in [4.69, 9.17) is 10.5 Å². The molecule has 1 heterocycles. The fraction of sp³-hybridized carbons (Fsp3) is 0.474. The minimum absolute atomic E-state index is 0. The largest absolute Gasteiger partial charge is 0.494 e. The molecule has 0 radical (unpaired) electrons. The van der Waals surface area contributed by atoms with Gasteiger partial charge in [-0.15, -0.1) is 36.2 Å². The highest BCUT2D eigenvalue weighted by Crippen LogP contribution is 2.39. The van der Waals surface area contributed by atoms with Crippen molar-refractivity contribution in [2.75, 3.05) is 13.2 Å². The van der Waals surface area contributed by atoms with Gasteiger partial charge in [-0.25, -0.2) is 4.98 Å². The van der Waals surface area contributed by atoms with Crippen LogP contribution in [0.15, 0.2) is 29.6 Å². The lowest BCUT2D eigenvalue weighted by Crippen LogP contribution is -2.53. The van der Waals surface area contributed by atoms with Crippen LogP contribution in [-0.4, -0.2) is 29.6 Å². The molecule has 1 atom stereocenters. The first kappa shape index (κ1) is 23.7. The molecule has 0 aliphatic heterocycles. The molecule has 27 heavy (non-hydrogen) atoms. The van der Waals surface area contributed by atoms with Crippen LogP contribution < -0.4 is 15.8 Å². The van der Waals surface area contributed by atoms with Gasteiger partial charge in [0.25, 0.3) is 0 Å². The third kappa shape index (κ3) is 6.07. The van der Waals surface area contributed by atoms with Gasteiger partial charge in [-0.05, 0) is 56.9 Å². The van der Waals surface area contributed by atoms with E-state index >= 15 is 0 Å². The minimum Gasteiger partial charge on any atom is -0.494 e. The number of nitrogens with two attached hydrogens (primary N) is 1. The molecule has 0 spiro atoms. The molecule has 1 unspecified atom stereocenters. The first-order valence-electron chi connectivity index (χ1n) is 8.73. The average molecular weight is 432 g/mol. The van der Waals surface area contributed by atoms with Gasteiger partial charge in [-0.2, -0.15) is 0 Å². The van der Waals surface area contributed by atoms with E-state index in [1.54, 1.807) is 11.3 Å². The fourth-order valence-electron chi connectivity index (χ4n) is 2.95. The van der Waals surface area contributed by atoms with E-state index in [0.717, 1.165) is 34.9 Å². The Morgan fingerprint density at radius 2 is 2.00 bits per heavy atom. The number of nitrogens with zero attached hydrogens (tertiary/aromatic N) is 1. The van der Waals surface area contributed by atoms with Gasteiger partial charge in [-0.3, -0.25) is 4.79 Å². The lowest BCUT2D eigenvalue weighted by Gasteiger charge is -2.29. The Kier molecular flexibility index (Phi) is 9.02. The first-order chi connectivity index (χ1) is 12.0. The molecule has 1 aromatic carbocycles. The van der Waals surface area contributed by atoms with Crippen molar-refractivity contribution in [2.45, 2.75) is 38.6 Å². The highest BCUT2D eigenvalue weighted by atomic mass is 35.5. The predicted octanol–water partition coefficient (Wildman–Crippen LogP) is 3.84. The van der Waals surface area contributed by atoms with Crippen molar-refractivity contribution in [3.8, 4) is 16.3 Å². The number of ether oxygens (including phenoxy) is 1. The number of aromatic nitrogens is 1. The van der Waals surface area contributed by atoms with Crippen LogP contribution in [0.25, 0.3) is 10.6 Å². The number of amides is 1. The van der Waals surface area contributed by atoms with Crippen LogP contribution in [0.4, 0.5) is 0 Å². The van der Waals surface area contributed by atoms with Crippen molar-refractivity contribution in [2.24, 2.45) is 11.7 Å². The molecule has 1 fully saturated rings. The maximum Gasteiger partial charge on any atom is 0.226 e. The predicted molar refractivity (Wildman–Crippen MR) is 115 cm³/mol. The summed E-state index contributed by atoms with van der Waals surface area (Å²) < 4.78 is 5.46. The van der Waals surface area contributed by atoms with Crippen molar-refractivity contribution in [1.29, 1.82) is 0 Å². The van der Waals surface area contributed by atoms with Crippen LogP contribution in [0.5, 0.6) is 5.75 Å². The second-order valence-electron chi connectivity index (χ2n) is 6.72. The van der Waals surface area contributed by atoms with Crippen molar-refractivity contribution >= 4 is 42.1 Å². The SMILES string of the molecule is CCOc1ccc(-c2nc(CC(=O)NC(C)(CN)C3CC3)cs2)cc1.Cl.Cl. The van der Waals surface area contributed by atoms with E-state index in [-0.39, 0.29) is 42.7 Å². The number of carbonyl (C=O) groups is 1. The van der Waals surface area contributed by atoms with Crippen LogP contribution in [0.3, 0.4) is 0 Å². The number of rotatable bonds is 8. The third-order valence-electron chi connectivity index (χ3n) is 4.63. The average Bonchev–Trinajstić information content (AvgIpc) is 3.37. The summed E-state index contributed by atoms with van der Waals surface area (Å²) in [5.41, 5.74) is 7.40. The number of benzene rings is 1. The monoisotopic (exact) mass is 431 g/mol. The van der Waals surface area contributed by atoms with Gasteiger partial charge in [0.1, 0.15) is 10.8 Å². The molecule has 3 N–H and O–H groups in total. The van der Waals surface area contributed by atoms with Gasteiger partial charge >= 0.3 is 0 Å². The molecule has 0 bridgehead atoms. The highest BCUT2D eigenvalue weighted by Gasteiger charge is 2.41. The quantitative estimate of drug-likeness (QED) is 0.665. The highest BCUT2D eigenvalue weighted by molar-refractivity contribution is 7.13. The lowest BCUT2D eigenvalue weighted by atomic mass is 9.95. The molecule has 0 saturated heterocycles.